The monoisotopic (exact) mass is 269 g/mol. The molecule has 0 amide bonds. The number of hydrogen-bond donors (Lipinski definition) is 2. The van der Waals surface area contributed by atoms with Crippen molar-refractivity contribution in [1.82, 2.24) is 5.32 Å². The van der Waals surface area contributed by atoms with Crippen LogP contribution in [0.3, 0.4) is 0 Å². The second-order valence-electron chi connectivity index (χ2n) is 4.99. The van der Waals surface area contributed by atoms with Crippen LogP contribution in [0.5, 0.6) is 0 Å². The maximum absolute atomic E-state index is 9.55. The highest BCUT2D eigenvalue weighted by atomic mass is 35.5. The highest BCUT2D eigenvalue weighted by molar-refractivity contribution is 6.31. The van der Waals surface area contributed by atoms with E-state index in [1.807, 2.05) is 24.3 Å². The SMILES string of the molecule is CCC(CC)(CO)CN[C@@H](C)c1ccccc1Cl. The maximum Gasteiger partial charge on any atom is 0.0499 e. The average Bonchev–Trinajstić information content (AvgIpc) is 2.41. The molecule has 3 heteroatoms. The number of hydrogen-bond acceptors (Lipinski definition) is 2. The molecule has 1 aromatic carbocycles. The molecule has 0 bridgehead atoms. The molecule has 0 aliphatic rings. The van der Waals surface area contributed by atoms with E-state index in [1.165, 1.54) is 0 Å². The van der Waals surface area contributed by atoms with Gasteiger partial charge in [0.25, 0.3) is 0 Å². The third-order valence-electron chi connectivity index (χ3n) is 3.99. The van der Waals surface area contributed by atoms with Gasteiger partial charge in [0.2, 0.25) is 0 Å². The Balaban J connectivity index is 2.66. The minimum atomic E-state index is -0.0183. The molecule has 0 heterocycles. The number of nitrogens with one attached hydrogen (secondary N) is 1. The summed E-state index contributed by atoms with van der Waals surface area (Å²) in [4.78, 5) is 0. The predicted octanol–water partition coefficient (Wildman–Crippen LogP) is 3.79. The molecule has 102 valence electrons. The van der Waals surface area contributed by atoms with Gasteiger partial charge in [-0.1, -0.05) is 43.6 Å². The van der Waals surface area contributed by atoms with Crippen LogP contribution in [0.1, 0.15) is 45.2 Å². The molecule has 2 N–H and O–H groups in total. The number of aliphatic hydroxyl groups is 1. The topological polar surface area (TPSA) is 32.3 Å². The molecule has 0 saturated heterocycles. The standard InChI is InChI=1S/C15H24ClNO/c1-4-15(5-2,11-18)10-17-12(3)13-8-6-7-9-14(13)16/h6-9,12,17-18H,4-5,10-11H2,1-3H3/t12-/m0/s1. The third kappa shape index (κ3) is 3.71. The smallest absolute Gasteiger partial charge is 0.0499 e. The molecule has 0 aliphatic heterocycles. The molecule has 18 heavy (non-hydrogen) atoms. The molecular weight excluding hydrogens is 246 g/mol. The number of rotatable bonds is 7. The Morgan fingerprint density at radius 2 is 1.89 bits per heavy atom. The lowest BCUT2D eigenvalue weighted by Crippen LogP contribution is -2.37. The van der Waals surface area contributed by atoms with Crippen LogP contribution in [0.15, 0.2) is 24.3 Å². The zero-order chi connectivity index (χ0) is 13.6. The van der Waals surface area contributed by atoms with Crippen LogP contribution in [-0.4, -0.2) is 18.3 Å². The largest absolute Gasteiger partial charge is 0.396 e. The first-order valence-corrected chi connectivity index (χ1v) is 7.05. The van der Waals surface area contributed by atoms with E-state index in [0.717, 1.165) is 30.0 Å². The summed E-state index contributed by atoms with van der Waals surface area (Å²) in [6.07, 6.45) is 1.95. The Morgan fingerprint density at radius 1 is 1.28 bits per heavy atom. The summed E-state index contributed by atoms with van der Waals surface area (Å²) in [7, 11) is 0. The van der Waals surface area contributed by atoms with E-state index in [2.05, 4.69) is 26.1 Å². The van der Waals surface area contributed by atoms with Crippen molar-refractivity contribution >= 4 is 11.6 Å². The molecule has 1 atom stereocenters. The van der Waals surface area contributed by atoms with Gasteiger partial charge in [-0.3, -0.25) is 0 Å². The van der Waals surface area contributed by atoms with Gasteiger partial charge in [-0.05, 0) is 31.4 Å². The van der Waals surface area contributed by atoms with E-state index in [4.69, 9.17) is 11.6 Å². The summed E-state index contributed by atoms with van der Waals surface area (Å²) in [5, 5.41) is 13.8. The van der Waals surface area contributed by atoms with E-state index in [9.17, 15) is 5.11 Å². The second-order valence-corrected chi connectivity index (χ2v) is 5.40. The zero-order valence-electron chi connectivity index (χ0n) is 11.5. The number of benzene rings is 1. The third-order valence-corrected chi connectivity index (χ3v) is 4.33. The highest BCUT2D eigenvalue weighted by Crippen LogP contribution is 2.27. The first-order valence-electron chi connectivity index (χ1n) is 6.67. The first-order chi connectivity index (χ1) is 8.58. The summed E-state index contributed by atoms with van der Waals surface area (Å²) < 4.78 is 0. The molecule has 0 saturated carbocycles. The van der Waals surface area contributed by atoms with Gasteiger partial charge in [0.1, 0.15) is 0 Å². The van der Waals surface area contributed by atoms with Crippen molar-refractivity contribution in [2.75, 3.05) is 13.2 Å². The predicted molar refractivity (Wildman–Crippen MR) is 78.0 cm³/mol. The minimum absolute atomic E-state index is 0.0183. The number of aliphatic hydroxyl groups excluding tert-OH is 1. The molecule has 1 aromatic rings. The molecular formula is C15H24ClNO. The lowest BCUT2D eigenvalue weighted by molar-refractivity contribution is 0.110. The Morgan fingerprint density at radius 3 is 2.39 bits per heavy atom. The fourth-order valence-electron chi connectivity index (χ4n) is 2.09. The van der Waals surface area contributed by atoms with Crippen LogP contribution in [0.2, 0.25) is 5.02 Å². The van der Waals surface area contributed by atoms with Gasteiger partial charge in [0.05, 0.1) is 0 Å². The lowest BCUT2D eigenvalue weighted by Gasteiger charge is -2.31. The van der Waals surface area contributed by atoms with Crippen molar-refractivity contribution in [2.45, 2.75) is 39.7 Å². The van der Waals surface area contributed by atoms with Crippen molar-refractivity contribution in [2.24, 2.45) is 5.41 Å². The summed E-state index contributed by atoms with van der Waals surface area (Å²) >= 11 is 6.18. The Labute approximate surface area is 115 Å². The van der Waals surface area contributed by atoms with E-state index >= 15 is 0 Å². The van der Waals surface area contributed by atoms with Crippen LogP contribution in [0, 0.1) is 5.41 Å². The van der Waals surface area contributed by atoms with E-state index in [-0.39, 0.29) is 18.1 Å². The minimum Gasteiger partial charge on any atom is -0.396 e. The molecule has 0 aromatic heterocycles. The van der Waals surface area contributed by atoms with Crippen LogP contribution in [0.4, 0.5) is 0 Å². The fraction of sp³-hybridized carbons (Fsp3) is 0.600. The Hall–Kier alpha value is -0.570. The quantitative estimate of drug-likeness (QED) is 0.789. The zero-order valence-corrected chi connectivity index (χ0v) is 12.3. The fourth-order valence-corrected chi connectivity index (χ4v) is 2.38. The summed E-state index contributed by atoms with van der Waals surface area (Å²) in [6.45, 7) is 7.39. The molecule has 1 rings (SSSR count). The van der Waals surface area contributed by atoms with Crippen LogP contribution >= 0.6 is 11.6 Å². The van der Waals surface area contributed by atoms with Gasteiger partial charge in [0, 0.05) is 29.6 Å². The maximum atomic E-state index is 9.55. The molecule has 0 unspecified atom stereocenters. The van der Waals surface area contributed by atoms with E-state index in [1.54, 1.807) is 0 Å². The lowest BCUT2D eigenvalue weighted by atomic mass is 9.83. The van der Waals surface area contributed by atoms with Crippen molar-refractivity contribution in [3.8, 4) is 0 Å². The first kappa shape index (κ1) is 15.5. The molecule has 0 aliphatic carbocycles. The van der Waals surface area contributed by atoms with Gasteiger partial charge >= 0.3 is 0 Å². The van der Waals surface area contributed by atoms with Gasteiger partial charge < -0.3 is 10.4 Å². The molecule has 0 spiro atoms. The van der Waals surface area contributed by atoms with E-state index in [0.29, 0.717) is 0 Å². The Bertz CT molecular complexity index is 355. The highest BCUT2D eigenvalue weighted by Gasteiger charge is 2.25. The molecule has 0 radical (unpaired) electrons. The molecule has 2 nitrogen and oxygen atoms in total. The van der Waals surface area contributed by atoms with Crippen molar-refractivity contribution in [3.63, 3.8) is 0 Å². The van der Waals surface area contributed by atoms with Crippen LogP contribution < -0.4 is 5.32 Å². The van der Waals surface area contributed by atoms with Crippen molar-refractivity contribution in [3.05, 3.63) is 34.9 Å². The van der Waals surface area contributed by atoms with Crippen LogP contribution in [0.25, 0.3) is 0 Å². The summed E-state index contributed by atoms with van der Waals surface area (Å²) in [5.41, 5.74) is 1.09. The number of halogens is 1. The van der Waals surface area contributed by atoms with E-state index < -0.39 is 0 Å². The normalized spacial score (nSPS) is 13.6. The van der Waals surface area contributed by atoms with Gasteiger partial charge in [-0.15, -0.1) is 0 Å². The van der Waals surface area contributed by atoms with Crippen LogP contribution in [-0.2, 0) is 0 Å². The van der Waals surface area contributed by atoms with Gasteiger partial charge in [-0.2, -0.15) is 0 Å². The second kappa shape index (κ2) is 7.13. The van der Waals surface area contributed by atoms with Crippen molar-refractivity contribution < 1.29 is 5.11 Å². The summed E-state index contributed by atoms with van der Waals surface area (Å²) in [6, 6.07) is 8.09. The van der Waals surface area contributed by atoms with Gasteiger partial charge in [0.15, 0.2) is 0 Å². The van der Waals surface area contributed by atoms with Gasteiger partial charge in [-0.25, -0.2) is 0 Å². The Kier molecular flexibility index (Phi) is 6.13. The van der Waals surface area contributed by atoms with Crippen molar-refractivity contribution in [1.29, 1.82) is 0 Å². The summed E-state index contributed by atoms with van der Waals surface area (Å²) in [5.74, 6) is 0. The molecule has 0 fully saturated rings. The average molecular weight is 270 g/mol.